The molecule has 1 aromatic rings. The quantitative estimate of drug-likeness (QED) is 0.932. The Labute approximate surface area is 129 Å². The average molecular weight is 309 g/mol. The second kappa shape index (κ2) is 5.75. The van der Waals surface area contributed by atoms with Crippen molar-refractivity contribution in [2.45, 2.75) is 59.2 Å². The summed E-state index contributed by atoms with van der Waals surface area (Å²) in [4.78, 5) is 31.3. The largest absolute Gasteiger partial charge is 0.342 e. The Morgan fingerprint density at radius 2 is 2.10 bits per heavy atom. The smallest absolute Gasteiger partial charge is 0.246 e. The van der Waals surface area contributed by atoms with Crippen LogP contribution >= 0.6 is 11.3 Å². The van der Waals surface area contributed by atoms with Gasteiger partial charge in [0.05, 0.1) is 6.04 Å². The molecule has 1 N–H and O–H groups in total. The van der Waals surface area contributed by atoms with E-state index >= 15 is 0 Å². The van der Waals surface area contributed by atoms with Gasteiger partial charge in [-0.25, -0.2) is 4.98 Å². The first-order valence-electron chi connectivity index (χ1n) is 7.29. The number of hydrogen-bond donors (Lipinski definition) is 1. The molecule has 0 spiro atoms. The van der Waals surface area contributed by atoms with E-state index in [1.807, 2.05) is 40.0 Å². The normalized spacial score (nSPS) is 24.9. The van der Waals surface area contributed by atoms with Crippen LogP contribution in [0.3, 0.4) is 0 Å². The van der Waals surface area contributed by atoms with Crippen molar-refractivity contribution < 1.29 is 9.59 Å². The minimum absolute atomic E-state index is 0.0170. The molecule has 5 nitrogen and oxygen atoms in total. The maximum atomic E-state index is 12.9. The first-order valence-corrected chi connectivity index (χ1v) is 8.17. The number of nitrogens with zero attached hydrogens (tertiary/aromatic N) is 2. The van der Waals surface area contributed by atoms with Crippen LogP contribution in [-0.2, 0) is 9.59 Å². The monoisotopic (exact) mass is 309 g/mol. The van der Waals surface area contributed by atoms with Gasteiger partial charge < -0.3 is 10.2 Å². The van der Waals surface area contributed by atoms with E-state index < -0.39 is 12.1 Å². The summed E-state index contributed by atoms with van der Waals surface area (Å²) in [6, 6.07) is -1.09. The lowest BCUT2D eigenvalue weighted by molar-refractivity contribution is -0.155. The maximum Gasteiger partial charge on any atom is 0.246 e. The van der Waals surface area contributed by atoms with Gasteiger partial charge in [-0.3, -0.25) is 9.59 Å². The molecule has 2 rings (SSSR count). The number of thiazole rings is 1. The lowest BCUT2D eigenvalue weighted by Gasteiger charge is -2.45. The molecule has 1 fully saturated rings. The van der Waals surface area contributed by atoms with Gasteiger partial charge in [0, 0.05) is 11.6 Å². The zero-order chi connectivity index (χ0) is 15.8. The summed E-state index contributed by atoms with van der Waals surface area (Å²) in [6.45, 7) is 9.77. The van der Waals surface area contributed by atoms with Gasteiger partial charge in [0.1, 0.15) is 17.1 Å². The third kappa shape index (κ3) is 2.95. The number of hydrogen-bond acceptors (Lipinski definition) is 4. The Morgan fingerprint density at radius 1 is 1.43 bits per heavy atom. The highest BCUT2D eigenvalue weighted by Gasteiger charge is 2.46. The fourth-order valence-electron chi connectivity index (χ4n) is 2.72. The average Bonchev–Trinajstić information content (AvgIpc) is 2.92. The molecule has 0 bridgehead atoms. The summed E-state index contributed by atoms with van der Waals surface area (Å²) in [5, 5.41) is 5.65. The van der Waals surface area contributed by atoms with Crippen molar-refractivity contribution in [2.24, 2.45) is 5.41 Å². The van der Waals surface area contributed by atoms with Crippen molar-refractivity contribution in [3.8, 4) is 0 Å². The zero-order valence-electron chi connectivity index (χ0n) is 13.2. The number of piperazine rings is 1. The molecule has 6 heteroatoms. The fraction of sp³-hybridized carbons (Fsp3) is 0.667. The second-order valence-corrected chi connectivity index (χ2v) is 7.45. The van der Waals surface area contributed by atoms with Gasteiger partial charge in [0.25, 0.3) is 0 Å². The maximum absolute atomic E-state index is 12.9. The van der Waals surface area contributed by atoms with Gasteiger partial charge in [-0.05, 0) is 18.8 Å². The number of aromatic nitrogens is 1. The Balaban J connectivity index is 2.38. The Kier molecular flexibility index (Phi) is 4.37. The Morgan fingerprint density at radius 3 is 2.57 bits per heavy atom. The van der Waals surface area contributed by atoms with Crippen molar-refractivity contribution in [3.63, 3.8) is 0 Å². The highest BCUT2D eigenvalue weighted by molar-refractivity contribution is 7.09. The number of carbonyl (C=O) groups excluding carboxylic acids is 2. The molecule has 3 atom stereocenters. The van der Waals surface area contributed by atoms with E-state index in [9.17, 15) is 9.59 Å². The molecule has 0 aromatic carbocycles. The number of nitrogens with one attached hydrogen (secondary N) is 1. The minimum atomic E-state index is -0.491. The number of carbonyl (C=O) groups is 2. The molecular formula is C15H23N3O2S. The van der Waals surface area contributed by atoms with Crippen LogP contribution in [0.15, 0.2) is 11.6 Å². The lowest BCUT2D eigenvalue weighted by Crippen LogP contribution is -2.66. The predicted octanol–water partition coefficient (Wildman–Crippen LogP) is 2.36. The predicted molar refractivity (Wildman–Crippen MR) is 82.8 cm³/mol. The van der Waals surface area contributed by atoms with E-state index in [4.69, 9.17) is 0 Å². The fourth-order valence-corrected chi connectivity index (χ4v) is 3.41. The van der Waals surface area contributed by atoms with E-state index in [0.29, 0.717) is 6.42 Å². The van der Waals surface area contributed by atoms with Crippen LogP contribution in [0.4, 0.5) is 0 Å². The second-order valence-electron chi connectivity index (χ2n) is 6.52. The molecule has 0 radical (unpaired) electrons. The molecule has 0 aliphatic carbocycles. The molecule has 1 aromatic heterocycles. The molecule has 1 saturated heterocycles. The Hall–Kier alpha value is -1.43. The first-order chi connectivity index (χ1) is 9.77. The Bertz CT molecular complexity index is 522. The van der Waals surface area contributed by atoms with Gasteiger partial charge in [0.15, 0.2) is 0 Å². The van der Waals surface area contributed by atoms with Crippen molar-refractivity contribution >= 4 is 23.2 Å². The van der Waals surface area contributed by atoms with Crippen molar-refractivity contribution in [3.05, 3.63) is 16.6 Å². The molecule has 2 heterocycles. The summed E-state index contributed by atoms with van der Waals surface area (Å²) >= 11 is 1.51. The van der Waals surface area contributed by atoms with Crippen LogP contribution in [0.1, 0.15) is 52.1 Å². The standard InChI is InChI=1S/C15H23N3O2S/c1-6-10-12(19)17-11(15(3,4)5)14(20)18(10)9(2)13-16-7-8-21-13/h7-11H,6H2,1-5H3,(H,17,19). The van der Waals surface area contributed by atoms with Crippen LogP contribution in [-0.4, -0.2) is 33.8 Å². The van der Waals surface area contributed by atoms with Gasteiger partial charge in [-0.2, -0.15) is 0 Å². The third-order valence-electron chi connectivity index (χ3n) is 3.91. The van der Waals surface area contributed by atoms with Gasteiger partial charge >= 0.3 is 0 Å². The van der Waals surface area contributed by atoms with E-state index in [0.717, 1.165) is 5.01 Å². The van der Waals surface area contributed by atoms with E-state index in [1.165, 1.54) is 11.3 Å². The topological polar surface area (TPSA) is 62.3 Å². The lowest BCUT2D eigenvalue weighted by atomic mass is 9.83. The molecule has 2 amide bonds. The summed E-state index contributed by atoms with van der Waals surface area (Å²) < 4.78 is 0. The van der Waals surface area contributed by atoms with Gasteiger partial charge in [0.2, 0.25) is 11.8 Å². The van der Waals surface area contributed by atoms with E-state index in [1.54, 1.807) is 11.1 Å². The molecule has 21 heavy (non-hydrogen) atoms. The summed E-state index contributed by atoms with van der Waals surface area (Å²) in [7, 11) is 0. The van der Waals surface area contributed by atoms with Gasteiger partial charge in [-0.15, -0.1) is 11.3 Å². The number of amides is 2. The van der Waals surface area contributed by atoms with Crippen LogP contribution in [0.25, 0.3) is 0 Å². The highest BCUT2D eigenvalue weighted by atomic mass is 32.1. The van der Waals surface area contributed by atoms with E-state index in [2.05, 4.69) is 10.3 Å². The van der Waals surface area contributed by atoms with E-state index in [-0.39, 0.29) is 23.3 Å². The van der Waals surface area contributed by atoms with Crippen molar-refractivity contribution in [1.82, 2.24) is 15.2 Å². The third-order valence-corrected chi connectivity index (χ3v) is 4.85. The molecule has 1 aliphatic heterocycles. The highest BCUT2D eigenvalue weighted by Crippen LogP contribution is 2.32. The zero-order valence-corrected chi connectivity index (χ0v) is 14.0. The molecule has 1 aliphatic rings. The van der Waals surface area contributed by atoms with Crippen molar-refractivity contribution in [2.75, 3.05) is 0 Å². The summed E-state index contributed by atoms with van der Waals surface area (Å²) in [5.74, 6) is -0.0860. The summed E-state index contributed by atoms with van der Waals surface area (Å²) in [6.07, 6.45) is 2.33. The molecular weight excluding hydrogens is 286 g/mol. The first kappa shape index (κ1) is 15.9. The van der Waals surface area contributed by atoms with Crippen LogP contribution in [0.5, 0.6) is 0 Å². The molecule has 0 saturated carbocycles. The SMILES string of the molecule is CCC1C(=O)NC(C(C)(C)C)C(=O)N1C(C)c1nccs1. The van der Waals surface area contributed by atoms with Crippen LogP contribution < -0.4 is 5.32 Å². The molecule has 3 unspecified atom stereocenters. The summed E-state index contributed by atoms with van der Waals surface area (Å²) in [5.41, 5.74) is -0.313. The number of rotatable bonds is 3. The van der Waals surface area contributed by atoms with Crippen LogP contribution in [0, 0.1) is 5.41 Å². The van der Waals surface area contributed by atoms with Gasteiger partial charge in [-0.1, -0.05) is 27.7 Å². The molecule has 116 valence electrons. The minimum Gasteiger partial charge on any atom is -0.342 e. The van der Waals surface area contributed by atoms with Crippen LogP contribution in [0.2, 0.25) is 0 Å². The van der Waals surface area contributed by atoms with Crippen molar-refractivity contribution in [1.29, 1.82) is 0 Å².